The molecule has 8 heteroatoms. The van der Waals surface area contributed by atoms with Crippen molar-refractivity contribution in [2.24, 2.45) is 12.0 Å². The zero-order chi connectivity index (χ0) is 23.0. The Morgan fingerprint density at radius 1 is 1.12 bits per heavy atom. The number of aliphatic imine (C=N–C) groups is 1. The lowest BCUT2D eigenvalue weighted by Gasteiger charge is -2.15. The van der Waals surface area contributed by atoms with Crippen molar-refractivity contribution in [2.75, 3.05) is 7.11 Å². The smallest absolute Gasteiger partial charge is 0.250 e. The van der Waals surface area contributed by atoms with Gasteiger partial charge < -0.3 is 9.30 Å². The zero-order valence-electron chi connectivity index (χ0n) is 18.0. The van der Waals surface area contributed by atoms with Crippen LogP contribution < -0.4 is 10.3 Å². The maximum absolute atomic E-state index is 14.0. The van der Waals surface area contributed by atoms with Gasteiger partial charge in [0.1, 0.15) is 10.7 Å². The van der Waals surface area contributed by atoms with Crippen LogP contribution in [0.15, 0.2) is 58.4 Å². The number of hydrogen-bond acceptors (Lipinski definition) is 5. The first-order valence-corrected chi connectivity index (χ1v) is 11.4. The van der Waals surface area contributed by atoms with Crippen LogP contribution in [0.25, 0.3) is 11.1 Å². The summed E-state index contributed by atoms with van der Waals surface area (Å²) in [7, 11) is 0.560. The highest BCUT2D eigenvalue weighted by molar-refractivity contribution is 7.73. The predicted molar refractivity (Wildman–Crippen MR) is 123 cm³/mol. The predicted octanol–water partition coefficient (Wildman–Crippen LogP) is 3.09. The fourth-order valence-electron chi connectivity index (χ4n) is 3.91. The third-order valence-corrected chi connectivity index (χ3v) is 6.57. The molecule has 2 heterocycles. The number of ether oxygens (including phenoxy) is 1. The van der Waals surface area contributed by atoms with Gasteiger partial charge >= 0.3 is 0 Å². The van der Waals surface area contributed by atoms with Crippen molar-refractivity contribution in [3.8, 4) is 16.9 Å². The van der Waals surface area contributed by atoms with Gasteiger partial charge in [-0.1, -0.05) is 18.2 Å². The van der Waals surface area contributed by atoms with Gasteiger partial charge in [0.2, 0.25) is 0 Å². The quantitative estimate of drug-likeness (QED) is 0.601. The average Bonchev–Trinajstić information content (AvgIpc) is 2.91. The number of rotatable bonds is 5. The monoisotopic (exact) mass is 454 g/mol. The maximum Gasteiger partial charge on any atom is 0.250 e. The Morgan fingerprint density at radius 3 is 2.62 bits per heavy atom. The fourth-order valence-corrected chi connectivity index (χ4v) is 4.27. The lowest BCUT2D eigenvalue weighted by atomic mass is 9.90. The Balaban J connectivity index is 1.93. The summed E-state index contributed by atoms with van der Waals surface area (Å²) in [6.45, 7) is 1.96. The molecule has 1 atom stereocenters. The minimum atomic E-state index is -2.54. The number of fused-ring (bicyclic) bond motifs is 3. The van der Waals surface area contributed by atoms with Crippen LogP contribution in [-0.2, 0) is 30.7 Å². The minimum Gasteiger partial charge on any atom is -0.494 e. The standard InChI is InChI=1S/C24H23FN2O4S/c1-14(32(29)30)8-15-4-6-18-19(9-15)20-13-27(2)23(28)11-17(20)12-26-24(18)16-5-7-21(25)22(10-16)31-3/h4-7,9-11,13-14,32H,8,12H2,1-3H3. The Hall–Kier alpha value is -3.26. The van der Waals surface area contributed by atoms with E-state index in [-0.39, 0.29) is 17.9 Å². The van der Waals surface area contributed by atoms with Crippen molar-refractivity contribution in [3.05, 3.63) is 87.1 Å². The summed E-state index contributed by atoms with van der Waals surface area (Å²) in [5, 5.41) is -0.497. The Kier molecular flexibility index (Phi) is 5.97. The second kappa shape index (κ2) is 8.70. The molecule has 32 heavy (non-hydrogen) atoms. The third kappa shape index (κ3) is 4.10. The number of aryl methyl sites for hydroxylation is 1. The third-order valence-electron chi connectivity index (χ3n) is 5.67. The summed E-state index contributed by atoms with van der Waals surface area (Å²) in [6.07, 6.45) is 2.16. The van der Waals surface area contributed by atoms with Gasteiger partial charge in [-0.3, -0.25) is 9.79 Å². The molecule has 3 aromatic rings. The number of benzene rings is 2. The summed E-state index contributed by atoms with van der Waals surface area (Å²) < 4.78 is 43.4. The molecule has 1 unspecified atom stereocenters. The van der Waals surface area contributed by atoms with E-state index < -0.39 is 21.8 Å². The van der Waals surface area contributed by atoms with E-state index in [1.165, 1.54) is 17.7 Å². The Bertz CT molecular complexity index is 1370. The molecule has 0 bridgehead atoms. The van der Waals surface area contributed by atoms with Crippen LogP contribution in [0.5, 0.6) is 5.75 Å². The first kappa shape index (κ1) is 22.0. The van der Waals surface area contributed by atoms with Gasteiger partial charge in [-0.15, -0.1) is 0 Å². The summed E-state index contributed by atoms with van der Waals surface area (Å²) >= 11 is 0. The van der Waals surface area contributed by atoms with Gasteiger partial charge in [0.05, 0.1) is 24.6 Å². The molecule has 0 spiro atoms. The molecule has 1 aromatic heterocycles. The number of aromatic nitrogens is 1. The van der Waals surface area contributed by atoms with E-state index in [0.717, 1.165) is 27.8 Å². The van der Waals surface area contributed by atoms with Crippen molar-refractivity contribution >= 4 is 16.4 Å². The Labute approximate surface area is 187 Å². The lowest BCUT2D eigenvalue weighted by Crippen LogP contribution is -2.16. The molecule has 6 nitrogen and oxygen atoms in total. The summed E-state index contributed by atoms with van der Waals surface area (Å²) in [4.78, 5) is 17.0. The van der Waals surface area contributed by atoms with Crippen LogP contribution in [0, 0.1) is 5.82 Å². The molecule has 4 rings (SSSR count). The van der Waals surface area contributed by atoms with E-state index in [1.54, 1.807) is 38.4 Å². The summed E-state index contributed by atoms with van der Waals surface area (Å²) in [5.41, 5.74) is 5.37. The van der Waals surface area contributed by atoms with E-state index in [1.807, 2.05) is 18.2 Å². The second-order valence-electron chi connectivity index (χ2n) is 7.89. The number of methoxy groups -OCH3 is 1. The SMILES string of the molecule is COc1cc(C2=NCc3cc(=O)n(C)cc3-c3cc(CC(C)[SH](=O)=O)ccc32)ccc1F. The number of pyridine rings is 1. The molecule has 0 fully saturated rings. The van der Waals surface area contributed by atoms with E-state index in [0.29, 0.717) is 17.7 Å². The minimum absolute atomic E-state index is 0.117. The van der Waals surface area contributed by atoms with Crippen molar-refractivity contribution < 1.29 is 17.5 Å². The lowest BCUT2D eigenvalue weighted by molar-refractivity contribution is 0.386. The molecule has 0 aliphatic carbocycles. The van der Waals surface area contributed by atoms with Gasteiger partial charge in [0.15, 0.2) is 11.6 Å². The zero-order valence-corrected chi connectivity index (χ0v) is 18.9. The van der Waals surface area contributed by atoms with Crippen LogP contribution >= 0.6 is 0 Å². The van der Waals surface area contributed by atoms with Crippen molar-refractivity contribution in [3.63, 3.8) is 0 Å². The fraction of sp³-hybridized carbons (Fsp3) is 0.250. The molecule has 166 valence electrons. The molecule has 0 saturated heterocycles. The average molecular weight is 455 g/mol. The van der Waals surface area contributed by atoms with Gasteiger partial charge in [-0.05, 0) is 48.2 Å². The molecule has 1 aliphatic rings. The maximum atomic E-state index is 14.0. The number of thiol groups is 1. The largest absolute Gasteiger partial charge is 0.494 e. The Morgan fingerprint density at radius 2 is 1.91 bits per heavy atom. The van der Waals surface area contributed by atoms with Crippen LogP contribution in [0.2, 0.25) is 0 Å². The molecular weight excluding hydrogens is 431 g/mol. The van der Waals surface area contributed by atoms with Crippen LogP contribution in [-0.4, -0.2) is 31.1 Å². The van der Waals surface area contributed by atoms with E-state index in [2.05, 4.69) is 0 Å². The van der Waals surface area contributed by atoms with Crippen molar-refractivity contribution in [2.45, 2.75) is 25.1 Å². The highest BCUT2D eigenvalue weighted by atomic mass is 32.2. The van der Waals surface area contributed by atoms with Crippen LogP contribution in [0.4, 0.5) is 4.39 Å². The van der Waals surface area contributed by atoms with E-state index >= 15 is 0 Å². The van der Waals surface area contributed by atoms with Crippen molar-refractivity contribution in [1.82, 2.24) is 4.57 Å². The van der Waals surface area contributed by atoms with Gasteiger partial charge in [0, 0.05) is 36.0 Å². The summed E-state index contributed by atoms with van der Waals surface area (Å²) in [6, 6.07) is 11.9. The van der Waals surface area contributed by atoms with Crippen LogP contribution in [0.3, 0.4) is 0 Å². The number of hydrogen-bond donors (Lipinski definition) is 1. The summed E-state index contributed by atoms with van der Waals surface area (Å²) in [5.74, 6) is -0.348. The van der Waals surface area contributed by atoms with E-state index in [9.17, 15) is 17.6 Å². The first-order chi connectivity index (χ1) is 15.3. The number of halogens is 1. The van der Waals surface area contributed by atoms with Crippen LogP contribution in [0.1, 0.15) is 29.2 Å². The molecule has 2 aromatic carbocycles. The molecule has 0 N–H and O–H groups in total. The van der Waals surface area contributed by atoms with Crippen molar-refractivity contribution in [1.29, 1.82) is 0 Å². The highest BCUT2D eigenvalue weighted by Crippen LogP contribution is 2.34. The molecule has 0 saturated carbocycles. The normalized spacial score (nSPS) is 13.7. The highest BCUT2D eigenvalue weighted by Gasteiger charge is 2.22. The topological polar surface area (TPSA) is 77.7 Å². The first-order valence-electron chi connectivity index (χ1n) is 10.1. The molecule has 0 amide bonds. The van der Waals surface area contributed by atoms with Gasteiger partial charge in [-0.25, -0.2) is 12.8 Å². The molecule has 0 radical (unpaired) electrons. The van der Waals surface area contributed by atoms with Gasteiger partial charge in [0.25, 0.3) is 5.56 Å². The molecular formula is C24H23FN2O4S. The number of nitrogens with zero attached hydrogens (tertiary/aromatic N) is 2. The molecule has 1 aliphatic heterocycles. The second-order valence-corrected chi connectivity index (χ2v) is 9.35. The van der Waals surface area contributed by atoms with Gasteiger partial charge in [-0.2, -0.15) is 0 Å². The van der Waals surface area contributed by atoms with E-state index in [4.69, 9.17) is 9.73 Å².